The highest BCUT2D eigenvalue weighted by molar-refractivity contribution is 6.30. The number of carbonyl (C=O) groups is 1. The van der Waals surface area contributed by atoms with Gasteiger partial charge < -0.3 is 14.7 Å². The Morgan fingerprint density at radius 3 is 3.09 bits per heavy atom. The fourth-order valence-corrected chi connectivity index (χ4v) is 2.87. The van der Waals surface area contributed by atoms with Crippen LogP contribution in [0.25, 0.3) is 0 Å². The molecule has 7 heteroatoms. The minimum Gasteiger partial charge on any atom is -0.484 e. The highest BCUT2D eigenvalue weighted by Gasteiger charge is 2.27. The molecule has 0 bridgehead atoms. The highest BCUT2D eigenvalue weighted by Crippen LogP contribution is 2.19. The fraction of sp³-hybridized carbons (Fsp3) is 0.375. The maximum absolute atomic E-state index is 12.5. The van der Waals surface area contributed by atoms with Crippen molar-refractivity contribution in [1.29, 1.82) is 0 Å². The van der Waals surface area contributed by atoms with Crippen LogP contribution >= 0.6 is 11.6 Å². The lowest BCUT2D eigenvalue weighted by atomic mass is 10.2. The summed E-state index contributed by atoms with van der Waals surface area (Å²) in [5.74, 6) is 0.380. The van der Waals surface area contributed by atoms with Crippen LogP contribution in [0.2, 0.25) is 5.02 Å². The second-order valence-corrected chi connectivity index (χ2v) is 5.87. The van der Waals surface area contributed by atoms with Crippen molar-refractivity contribution in [2.24, 2.45) is 0 Å². The molecule has 23 heavy (non-hydrogen) atoms. The van der Waals surface area contributed by atoms with Crippen molar-refractivity contribution in [3.8, 4) is 5.75 Å². The van der Waals surface area contributed by atoms with Crippen LogP contribution in [0.15, 0.2) is 36.5 Å². The number of halogens is 1. The Labute approximate surface area is 139 Å². The monoisotopic (exact) mass is 335 g/mol. The number of benzene rings is 1. The van der Waals surface area contributed by atoms with Gasteiger partial charge in [-0.2, -0.15) is 5.10 Å². The number of aryl methyl sites for hydroxylation is 1. The summed E-state index contributed by atoms with van der Waals surface area (Å²) in [7, 11) is 0. The number of rotatable bonds is 4. The van der Waals surface area contributed by atoms with Gasteiger partial charge in [0.2, 0.25) is 0 Å². The molecule has 3 rings (SSSR count). The van der Waals surface area contributed by atoms with Crippen LogP contribution in [0, 0.1) is 0 Å². The van der Waals surface area contributed by atoms with Crippen molar-refractivity contribution in [3.63, 3.8) is 0 Å². The molecule has 122 valence electrons. The molecule has 1 aliphatic rings. The first-order valence-electron chi connectivity index (χ1n) is 7.47. The third-order valence-corrected chi connectivity index (χ3v) is 4.18. The topological polar surface area (TPSA) is 67.6 Å². The molecule has 0 spiro atoms. The molecule has 1 amide bonds. The number of hydrogen-bond donors (Lipinski definition) is 1. The number of amides is 1. The van der Waals surface area contributed by atoms with E-state index in [1.165, 1.54) is 0 Å². The van der Waals surface area contributed by atoms with E-state index in [0.29, 0.717) is 30.3 Å². The van der Waals surface area contributed by atoms with E-state index >= 15 is 0 Å². The Kier molecular flexibility index (Phi) is 4.83. The van der Waals surface area contributed by atoms with Gasteiger partial charge in [0, 0.05) is 17.8 Å². The number of ether oxygens (including phenoxy) is 1. The Balaban J connectivity index is 1.69. The zero-order valence-corrected chi connectivity index (χ0v) is 13.3. The number of aliphatic hydroxyl groups is 1. The minimum absolute atomic E-state index is 0.0757. The number of aromatic nitrogens is 2. The summed E-state index contributed by atoms with van der Waals surface area (Å²) in [5.41, 5.74) is 0.956. The van der Waals surface area contributed by atoms with Gasteiger partial charge in [-0.3, -0.25) is 9.48 Å². The molecule has 0 saturated heterocycles. The number of carbonyl (C=O) groups excluding carboxylic acids is 1. The van der Waals surface area contributed by atoms with Crippen molar-refractivity contribution in [2.75, 3.05) is 13.2 Å². The zero-order valence-electron chi connectivity index (χ0n) is 12.6. The predicted molar refractivity (Wildman–Crippen MR) is 85.2 cm³/mol. The van der Waals surface area contributed by atoms with Gasteiger partial charge in [-0.1, -0.05) is 17.7 Å². The van der Waals surface area contributed by atoms with Gasteiger partial charge in [0.05, 0.1) is 24.9 Å². The fourth-order valence-electron chi connectivity index (χ4n) is 2.69. The first kappa shape index (κ1) is 15.8. The van der Waals surface area contributed by atoms with E-state index in [2.05, 4.69) is 5.10 Å². The lowest BCUT2D eigenvalue weighted by Gasteiger charge is -2.28. The second kappa shape index (κ2) is 7.02. The van der Waals surface area contributed by atoms with E-state index in [0.717, 1.165) is 5.69 Å². The largest absolute Gasteiger partial charge is 0.484 e. The van der Waals surface area contributed by atoms with Crippen LogP contribution in [-0.4, -0.2) is 44.9 Å². The molecule has 0 aliphatic carbocycles. The van der Waals surface area contributed by atoms with Gasteiger partial charge >= 0.3 is 0 Å². The Morgan fingerprint density at radius 1 is 1.43 bits per heavy atom. The Bertz CT molecular complexity index is 689. The van der Waals surface area contributed by atoms with Crippen molar-refractivity contribution >= 4 is 17.5 Å². The van der Waals surface area contributed by atoms with Crippen LogP contribution in [0.5, 0.6) is 5.75 Å². The first-order valence-corrected chi connectivity index (χ1v) is 7.84. The van der Waals surface area contributed by atoms with Crippen LogP contribution < -0.4 is 4.74 Å². The number of fused-ring (bicyclic) bond motifs is 1. The summed E-state index contributed by atoms with van der Waals surface area (Å²) in [6.07, 6.45) is 2.38. The number of nitrogens with zero attached hydrogens (tertiary/aromatic N) is 3. The van der Waals surface area contributed by atoms with Crippen molar-refractivity contribution < 1.29 is 14.6 Å². The van der Waals surface area contributed by atoms with Gasteiger partial charge in [0.25, 0.3) is 5.91 Å². The molecule has 1 aromatic heterocycles. The van der Waals surface area contributed by atoms with Crippen molar-refractivity contribution in [1.82, 2.24) is 14.7 Å². The van der Waals surface area contributed by atoms with E-state index in [1.807, 2.05) is 10.7 Å². The van der Waals surface area contributed by atoms with Gasteiger partial charge in [-0.05, 0) is 30.7 Å². The standard InChI is InChI=1S/C16H18ClN3O3/c17-12-2-1-3-15(8-12)23-11-16(22)19-9-13-4-6-18-20(13)7-5-14(19)10-21/h1-4,6,8,14,21H,5,7,9-11H2/t14-/m0/s1. The summed E-state index contributed by atoms with van der Waals surface area (Å²) in [6.45, 7) is 0.939. The van der Waals surface area contributed by atoms with Gasteiger partial charge in [-0.25, -0.2) is 0 Å². The lowest BCUT2D eigenvalue weighted by Crippen LogP contribution is -2.43. The predicted octanol–water partition coefficient (Wildman–Crippen LogP) is 1.71. The number of aliphatic hydroxyl groups excluding tert-OH is 1. The third kappa shape index (κ3) is 3.65. The van der Waals surface area contributed by atoms with Crippen LogP contribution in [-0.2, 0) is 17.9 Å². The summed E-state index contributed by atoms with van der Waals surface area (Å²) in [4.78, 5) is 14.2. The lowest BCUT2D eigenvalue weighted by molar-refractivity contribution is -0.137. The molecule has 6 nitrogen and oxygen atoms in total. The van der Waals surface area contributed by atoms with E-state index in [9.17, 15) is 9.90 Å². The van der Waals surface area contributed by atoms with Gasteiger partial charge in [0.15, 0.2) is 6.61 Å². The number of hydrogen-bond acceptors (Lipinski definition) is 4. The quantitative estimate of drug-likeness (QED) is 0.923. The Morgan fingerprint density at radius 2 is 2.30 bits per heavy atom. The van der Waals surface area contributed by atoms with Crippen LogP contribution in [0.3, 0.4) is 0 Å². The second-order valence-electron chi connectivity index (χ2n) is 5.44. The SMILES string of the molecule is O=C(COc1cccc(Cl)c1)N1Cc2ccnn2CC[C@H]1CO. The van der Waals surface area contributed by atoms with Gasteiger partial charge in [0.1, 0.15) is 5.75 Å². The first-order chi connectivity index (χ1) is 11.2. The summed E-state index contributed by atoms with van der Waals surface area (Å²) >= 11 is 5.90. The molecule has 2 aromatic rings. The van der Waals surface area contributed by atoms with E-state index < -0.39 is 0 Å². The average molecular weight is 336 g/mol. The van der Waals surface area contributed by atoms with E-state index in [-0.39, 0.29) is 25.2 Å². The normalized spacial score (nSPS) is 17.5. The molecule has 0 unspecified atom stereocenters. The van der Waals surface area contributed by atoms with Crippen molar-refractivity contribution in [2.45, 2.75) is 25.6 Å². The smallest absolute Gasteiger partial charge is 0.261 e. The minimum atomic E-state index is -0.229. The van der Waals surface area contributed by atoms with Crippen LogP contribution in [0.1, 0.15) is 12.1 Å². The zero-order chi connectivity index (χ0) is 16.2. The molecular formula is C16H18ClN3O3. The molecule has 1 aliphatic heterocycles. The molecule has 1 N–H and O–H groups in total. The molecular weight excluding hydrogens is 318 g/mol. The molecule has 0 fully saturated rings. The molecule has 1 aromatic carbocycles. The Hall–Kier alpha value is -2.05. The van der Waals surface area contributed by atoms with Gasteiger partial charge in [-0.15, -0.1) is 0 Å². The molecule has 2 heterocycles. The summed E-state index contributed by atoms with van der Waals surface area (Å²) < 4.78 is 7.39. The molecule has 0 radical (unpaired) electrons. The highest BCUT2D eigenvalue weighted by atomic mass is 35.5. The summed E-state index contributed by atoms with van der Waals surface area (Å²) in [6, 6.07) is 8.58. The van der Waals surface area contributed by atoms with E-state index in [1.54, 1.807) is 35.4 Å². The third-order valence-electron chi connectivity index (χ3n) is 3.94. The van der Waals surface area contributed by atoms with Crippen molar-refractivity contribution in [3.05, 3.63) is 47.2 Å². The molecule has 1 atom stereocenters. The average Bonchev–Trinajstić information content (AvgIpc) is 2.92. The summed E-state index contributed by atoms with van der Waals surface area (Å²) in [5, 5.41) is 14.4. The maximum atomic E-state index is 12.5. The van der Waals surface area contributed by atoms with Crippen LogP contribution in [0.4, 0.5) is 0 Å². The molecule has 0 saturated carbocycles. The van der Waals surface area contributed by atoms with E-state index in [4.69, 9.17) is 16.3 Å². The maximum Gasteiger partial charge on any atom is 0.261 e.